The molecule has 0 aliphatic heterocycles. The summed E-state index contributed by atoms with van der Waals surface area (Å²) in [5, 5.41) is 15.1. The van der Waals surface area contributed by atoms with Crippen molar-refractivity contribution in [3.8, 4) is 17.4 Å². The number of carbonyl (C=O) groups is 1. The Labute approximate surface area is 200 Å². The van der Waals surface area contributed by atoms with Crippen molar-refractivity contribution in [2.75, 3.05) is 5.32 Å². The van der Waals surface area contributed by atoms with Gasteiger partial charge >= 0.3 is 18.0 Å². The second-order valence-electron chi connectivity index (χ2n) is 7.03. The number of para-hydroxylation sites is 2. The number of rotatable bonds is 8. The minimum Gasteiger partial charge on any atom is -0.458 e. The van der Waals surface area contributed by atoms with Crippen molar-refractivity contribution in [1.29, 1.82) is 0 Å². The fourth-order valence-electron chi connectivity index (χ4n) is 3.07. The van der Waals surface area contributed by atoms with E-state index in [1.165, 1.54) is 30.5 Å². The van der Waals surface area contributed by atoms with Gasteiger partial charge in [-0.3, -0.25) is 10.1 Å². The van der Waals surface area contributed by atoms with Gasteiger partial charge in [0, 0.05) is 5.38 Å². The van der Waals surface area contributed by atoms with Crippen LogP contribution >= 0.6 is 11.3 Å². The van der Waals surface area contributed by atoms with E-state index in [1.807, 2.05) is 30.3 Å². The average molecular weight is 495 g/mol. The number of hydrogen-bond donors (Lipinski definition) is 1. The molecule has 1 N–H and O–H groups in total. The lowest BCUT2D eigenvalue weighted by Gasteiger charge is -2.16. The van der Waals surface area contributed by atoms with E-state index in [4.69, 9.17) is 4.74 Å². The Bertz CT molecular complexity index is 1460. The molecule has 176 valence electrons. The molecule has 0 radical (unpaired) electrons. The second-order valence-corrected chi connectivity index (χ2v) is 7.88. The molecule has 0 aliphatic rings. The van der Waals surface area contributed by atoms with E-state index in [1.54, 1.807) is 16.0 Å². The van der Waals surface area contributed by atoms with E-state index in [-0.39, 0.29) is 23.5 Å². The Morgan fingerprint density at radius 3 is 2.57 bits per heavy atom. The Morgan fingerprint density at radius 1 is 1.06 bits per heavy atom. The molecule has 10 nitrogen and oxygen atoms in total. The third-order valence-electron chi connectivity index (χ3n) is 4.61. The largest absolute Gasteiger partial charge is 0.482 e. The highest BCUT2D eigenvalue weighted by atomic mass is 32.1. The zero-order valence-electron chi connectivity index (χ0n) is 17.7. The van der Waals surface area contributed by atoms with E-state index >= 15 is 0 Å². The normalized spacial score (nSPS) is 11.4. The Balaban J connectivity index is 1.28. The minimum atomic E-state index is -4.08. The van der Waals surface area contributed by atoms with Crippen LogP contribution in [-0.4, -0.2) is 42.0 Å². The van der Waals surface area contributed by atoms with Crippen LogP contribution in [0.25, 0.3) is 16.9 Å². The number of aromatic nitrogens is 6. The van der Waals surface area contributed by atoms with Crippen molar-refractivity contribution in [3.05, 3.63) is 77.9 Å². The van der Waals surface area contributed by atoms with Crippen LogP contribution in [0.15, 0.2) is 72.2 Å². The van der Waals surface area contributed by atoms with Gasteiger partial charge in [0.15, 0.2) is 10.8 Å². The van der Waals surface area contributed by atoms with Crippen molar-refractivity contribution in [2.45, 2.75) is 12.7 Å². The number of alkyl halides is 2. The molecule has 0 aliphatic carbocycles. The van der Waals surface area contributed by atoms with Crippen molar-refractivity contribution in [2.24, 2.45) is 0 Å². The number of nitrogens with zero attached hydrogens (tertiary/aromatic N) is 6. The summed E-state index contributed by atoms with van der Waals surface area (Å²) >= 11 is 0.970. The van der Waals surface area contributed by atoms with Gasteiger partial charge in [0.2, 0.25) is 0 Å². The predicted molar refractivity (Wildman–Crippen MR) is 122 cm³/mol. The molecular weight excluding hydrogens is 480 g/mol. The molecule has 0 fully saturated rings. The maximum Gasteiger partial charge on any atom is 0.482 e. The molecule has 1 amide bonds. The molecular formula is C22H15F2N7O3S. The fourth-order valence-corrected chi connectivity index (χ4v) is 3.76. The molecule has 3 heterocycles. The molecule has 13 heteroatoms. The monoisotopic (exact) mass is 495 g/mol. The third kappa shape index (κ3) is 4.89. The summed E-state index contributed by atoms with van der Waals surface area (Å²) in [6.07, 6.45) is -2.62. The molecule has 0 bridgehead atoms. The van der Waals surface area contributed by atoms with Crippen LogP contribution in [0.1, 0.15) is 5.69 Å². The molecule has 0 saturated carbocycles. The Kier molecular flexibility index (Phi) is 5.97. The molecule has 0 spiro atoms. The summed E-state index contributed by atoms with van der Waals surface area (Å²) in [5.74, 6) is -1.78. The van der Waals surface area contributed by atoms with Crippen LogP contribution in [-0.2, 0) is 11.4 Å². The maximum atomic E-state index is 14.2. The Hall–Kier alpha value is -4.52. The van der Waals surface area contributed by atoms with Crippen LogP contribution < -0.4 is 14.8 Å². The highest BCUT2D eigenvalue weighted by Crippen LogP contribution is 2.26. The number of halogens is 2. The van der Waals surface area contributed by atoms with E-state index in [2.05, 4.69) is 35.4 Å². The molecule has 5 aromatic rings. The standard InChI is InChI=1S/C22H15F2N7O3S/c23-22(24,34-16-9-5-2-6-10-16)19(32)28-20-26-14(13-35-20)12-33-21-27-17-11-25-30-29-18(17)31(21)15-7-3-1-4-8-15/h1-11,13H,12H2,(H,26,28,32). The first-order chi connectivity index (χ1) is 17.0. The van der Waals surface area contributed by atoms with Gasteiger partial charge < -0.3 is 9.47 Å². The first kappa shape index (κ1) is 22.3. The van der Waals surface area contributed by atoms with Gasteiger partial charge in [-0.2, -0.15) is 13.8 Å². The van der Waals surface area contributed by atoms with Gasteiger partial charge in [-0.05, 0) is 29.5 Å². The number of thiazole rings is 1. The van der Waals surface area contributed by atoms with Gasteiger partial charge in [0.25, 0.3) is 0 Å². The van der Waals surface area contributed by atoms with E-state index in [0.717, 1.165) is 17.0 Å². The number of benzene rings is 2. The number of nitrogens with one attached hydrogen (secondary N) is 1. The SMILES string of the molecule is O=C(Nc1nc(COc2nc3cnnnc3n2-c2ccccc2)cs1)C(F)(F)Oc1ccccc1. The second kappa shape index (κ2) is 9.38. The van der Waals surface area contributed by atoms with Crippen LogP contribution in [0, 0.1) is 0 Å². The summed E-state index contributed by atoms with van der Waals surface area (Å²) in [6, 6.07) is 16.8. The summed E-state index contributed by atoms with van der Waals surface area (Å²) < 4.78 is 40.3. The van der Waals surface area contributed by atoms with Gasteiger partial charge in [0.05, 0.1) is 17.6 Å². The van der Waals surface area contributed by atoms with Crippen LogP contribution in [0.4, 0.5) is 13.9 Å². The van der Waals surface area contributed by atoms with Crippen molar-refractivity contribution >= 4 is 33.5 Å². The van der Waals surface area contributed by atoms with Crippen LogP contribution in [0.5, 0.6) is 11.8 Å². The van der Waals surface area contributed by atoms with E-state index < -0.39 is 12.0 Å². The topological polar surface area (TPSA) is 117 Å². The number of fused-ring (bicyclic) bond motifs is 1. The van der Waals surface area contributed by atoms with E-state index in [9.17, 15) is 13.6 Å². The Morgan fingerprint density at radius 2 is 1.80 bits per heavy atom. The first-order valence-corrected chi connectivity index (χ1v) is 11.0. The smallest absolute Gasteiger partial charge is 0.458 e. The summed E-state index contributed by atoms with van der Waals surface area (Å²) in [4.78, 5) is 20.6. The number of carbonyl (C=O) groups excluding carboxylic acids is 1. The predicted octanol–water partition coefficient (Wildman–Crippen LogP) is 3.86. The lowest BCUT2D eigenvalue weighted by molar-refractivity contribution is -0.187. The number of ether oxygens (including phenoxy) is 2. The molecule has 0 atom stereocenters. The zero-order valence-corrected chi connectivity index (χ0v) is 18.5. The minimum absolute atomic E-state index is 0.0310. The van der Waals surface area contributed by atoms with Gasteiger partial charge in [-0.1, -0.05) is 36.4 Å². The molecule has 35 heavy (non-hydrogen) atoms. The van der Waals surface area contributed by atoms with Crippen molar-refractivity contribution in [3.63, 3.8) is 0 Å². The van der Waals surface area contributed by atoms with Gasteiger partial charge in [-0.15, -0.1) is 21.5 Å². The lowest BCUT2D eigenvalue weighted by atomic mass is 10.3. The average Bonchev–Trinajstić information content (AvgIpc) is 3.47. The number of hydrogen-bond acceptors (Lipinski definition) is 9. The molecule has 5 rings (SSSR count). The first-order valence-electron chi connectivity index (χ1n) is 10.1. The maximum absolute atomic E-state index is 14.2. The quantitative estimate of drug-likeness (QED) is 0.345. The third-order valence-corrected chi connectivity index (χ3v) is 5.42. The zero-order chi connectivity index (χ0) is 24.3. The van der Waals surface area contributed by atoms with Crippen LogP contribution in [0.2, 0.25) is 0 Å². The number of imidazole rings is 1. The molecule has 2 aromatic carbocycles. The van der Waals surface area contributed by atoms with Crippen LogP contribution in [0.3, 0.4) is 0 Å². The lowest BCUT2D eigenvalue weighted by Crippen LogP contribution is -2.39. The number of anilines is 1. The fraction of sp³-hybridized carbons (Fsp3) is 0.0909. The van der Waals surface area contributed by atoms with E-state index in [0.29, 0.717) is 16.9 Å². The summed E-state index contributed by atoms with van der Waals surface area (Å²) in [7, 11) is 0. The summed E-state index contributed by atoms with van der Waals surface area (Å²) in [6.45, 7) is -0.0414. The number of amides is 1. The highest BCUT2D eigenvalue weighted by Gasteiger charge is 2.42. The molecule has 3 aromatic heterocycles. The molecule has 0 saturated heterocycles. The summed E-state index contributed by atoms with van der Waals surface area (Å²) in [5.41, 5.74) is 2.07. The van der Waals surface area contributed by atoms with Gasteiger partial charge in [0.1, 0.15) is 17.9 Å². The van der Waals surface area contributed by atoms with Crippen molar-refractivity contribution < 1.29 is 23.0 Å². The highest BCUT2D eigenvalue weighted by molar-refractivity contribution is 7.13. The van der Waals surface area contributed by atoms with Crippen molar-refractivity contribution in [1.82, 2.24) is 29.9 Å². The molecule has 0 unspecified atom stereocenters. The van der Waals surface area contributed by atoms with Gasteiger partial charge in [-0.25, -0.2) is 9.55 Å².